The maximum absolute atomic E-state index is 4.76. The predicted octanol–water partition coefficient (Wildman–Crippen LogP) is 0.736. The smallest absolute Gasteiger partial charge is 0.201 e. The topological polar surface area (TPSA) is 59.7 Å². The molecule has 1 aromatic heterocycles. The molecule has 0 N–H and O–H groups in total. The van der Waals surface area contributed by atoms with Gasteiger partial charge in [0.25, 0.3) is 0 Å². The molecule has 0 aromatic carbocycles. The molecule has 0 bridgehead atoms. The van der Waals surface area contributed by atoms with Gasteiger partial charge in [0.2, 0.25) is 5.75 Å². The van der Waals surface area contributed by atoms with Gasteiger partial charge in [0.15, 0.2) is 0 Å². The summed E-state index contributed by atoms with van der Waals surface area (Å²) in [5, 5.41) is 6.99. The standard InChI is InChI=1S/C5H4N4O/c1-4-5(10-9-8-1)2-6-3-7-4/h2-3H,1H2. The van der Waals surface area contributed by atoms with Gasteiger partial charge < -0.3 is 4.84 Å². The molecule has 5 heteroatoms. The minimum atomic E-state index is 0.484. The van der Waals surface area contributed by atoms with Crippen LogP contribution >= 0.6 is 0 Å². The zero-order chi connectivity index (χ0) is 6.81. The van der Waals surface area contributed by atoms with Crippen LogP contribution in [0.15, 0.2) is 22.9 Å². The number of rotatable bonds is 0. The summed E-state index contributed by atoms with van der Waals surface area (Å²) in [6, 6.07) is 0. The Morgan fingerprint density at radius 3 is 3.40 bits per heavy atom. The quantitative estimate of drug-likeness (QED) is 0.528. The molecular formula is C5H4N4O. The SMILES string of the molecule is c1ncc2c(n1)CN=NO2. The predicted molar refractivity (Wildman–Crippen MR) is 31.2 cm³/mol. The fourth-order valence-corrected chi connectivity index (χ4v) is 0.706. The van der Waals surface area contributed by atoms with Crippen LogP contribution < -0.4 is 4.84 Å². The highest BCUT2D eigenvalue weighted by Gasteiger charge is 2.07. The molecule has 0 unspecified atom stereocenters. The molecule has 0 saturated heterocycles. The van der Waals surface area contributed by atoms with E-state index in [-0.39, 0.29) is 0 Å². The summed E-state index contributed by atoms with van der Waals surface area (Å²) >= 11 is 0. The van der Waals surface area contributed by atoms with Gasteiger partial charge in [-0.05, 0) is 0 Å². The average molecular weight is 136 g/mol. The van der Waals surface area contributed by atoms with Crippen LogP contribution in [0.1, 0.15) is 5.69 Å². The fourth-order valence-electron chi connectivity index (χ4n) is 0.706. The Hall–Kier alpha value is -1.52. The molecule has 1 aliphatic heterocycles. The van der Waals surface area contributed by atoms with Crippen molar-refractivity contribution in [2.45, 2.75) is 6.54 Å². The van der Waals surface area contributed by atoms with E-state index in [0.717, 1.165) is 5.69 Å². The first-order valence-electron chi connectivity index (χ1n) is 2.79. The highest BCUT2D eigenvalue weighted by molar-refractivity contribution is 5.23. The highest BCUT2D eigenvalue weighted by Crippen LogP contribution is 2.18. The molecule has 50 valence electrons. The summed E-state index contributed by atoms with van der Waals surface area (Å²) in [6.45, 7) is 0.484. The fraction of sp³-hybridized carbons (Fsp3) is 0.200. The van der Waals surface area contributed by atoms with Crippen LogP contribution in [0, 0.1) is 0 Å². The van der Waals surface area contributed by atoms with Gasteiger partial charge in [0, 0.05) is 5.28 Å². The number of hydrogen-bond acceptors (Lipinski definition) is 5. The second kappa shape index (κ2) is 2.02. The van der Waals surface area contributed by atoms with E-state index in [1.54, 1.807) is 6.20 Å². The van der Waals surface area contributed by atoms with Crippen LogP contribution in [-0.4, -0.2) is 9.97 Å². The third kappa shape index (κ3) is 0.717. The highest BCUT2D eigenvalue weighted by atomic mass is 16.6. The third-order valence-corrected chi connectivity index (χ3v) is 1.17. The van der Waals surface area contributed by atoms with Gasteiger partial charge in [0.1, 0.15) is 18.6 Å². The molecule has 0 saturated carbocycles. The van der Waals surface area contributed by atoms with Crippen molar-refractivity contribution < 1.29 is 4.84 Å². The summed E-state index contributed by atoms with van der Waals surface area (Å²) in [4.78, 5) is 12.4. The third-order valence-electron chi connectivity index (χ3n) is 1.17. The molecule has 5 nitrogen and oxygen atoms in total. The van der Waals surface area contributed by atoms with Gasteiger partial charge in [-0.3, -0.25) is 0 Å². The van der Waals surface area contributed by atoms with Crippen LogP contribution in [0.3, 0.4) is 0 Å². The maximum atomic E-state index is 4.76. The number of fused-ring (bicyclic) bond motifs is 1. The van der Waals surface area contributed by atoms with Crippen molar-refractivity contribution in [2.24, 2.45) is 10.4 Å². The van der Waals surface area contributed by atoms with Crippen molar-refractivity contribution in [2.75, 3.05) is 0 Å². The summed E-state index contributed by atoms with van der Waals surface area (Å²) in [5.41, 5.74) is 0.782. The maximum Gasteiger partial charge on any atom is 0.201 e. The van der Waals surface area contributed by atoms with E-state index < -0.39 is 0 Å². The molecule has 0 fully saturated rings. The monoisotopic (exact) mass is 136 g/mol. The summed E-state index contributed by atoms with van der Waals surface area (Å²) in [5.74, 6) is 0.595. The average Bonchev–Trinajstić information content (AvgIpc) is 2.05. The Morgan fingerprint density at radius 2 is 2.50 bits per heavy atom. The van der Waals surface area contributed by atoms with Crippen LogP contribution in [0.4, 0.5) is 0 Å². The van der Waals surface area contributed by atoms with Gasteiger partial charge in [-0.15, -0.1) is 5.11 Å². The van der Waals surface area contributed by atoms with E-state index in [4.69, 9.17) is 4.84 Å². The number of nitrogens with zero attached hydrogens (tertiary/aromatic N) is 4. The van der Waals surface area contributed by atoms with Crippen LogP contribution in [0.5, 0.6) is 5.75 Å². The lowest BCUT2D eigenvalue weighted by atomic mass is 10.4. The summed E-state index contributed by atoms with van der Waals surface area (Å²) in [7, 11) is 0. The molecule has 0 aliphatic carbocycles. The lowest BCUT2D eigenvalue weighted by Gasteiger charge is -2.04. The Bertz CT molecular complexity index is 245. The lowest BCUT2D eigenvalue weighted by Crippen LogP contribution is -1.98. The molecule has 1 aliphatic rings. The van der Waals surface area contributed by atoms with Gasteiger partial charge in [-0.1, -0.05) is 0 Å². The van der Waals surface area contributed by atoms with E-state index in [1.807, 2.05) is 0 Å². The Labute approximate surface area is 56.7 Å². The minimum absolute atomic E-state index is 0.484. The Morgan fingerprint density at radius 1 is 1.50 bits per heavy atom. The molecule has 0 radical (unpaired) electrons. The zero-order valence-electron chi connectivity index (χ0n) is 5.06. The molecule has 2 heterocycles. The second-order valence-corrected chi connectivity index (χ2v) is 1.81. The van der Waals surface area contributed by atoms with Gasteiger partial charge in [0.05, 0.1) is 6.20 Å². The number of hydrogen-bond donors (Lipinski definition) is 0. The van der Waals surface area contributed by atoms with Crippen LogP contribution in [0.2, 0.25) is 0 Å². The van der Waals surface area contributed by atoms with Gasteiger partial charge in [-0.25, -0.2) is 9.97 Å². The zero-order valence-corrected chi connectivity index (χ0v) is 5.06. The molecule has 0 spiro atoms. The van der Waals surface area contributed by atoms with E-state index in [0.29, 0.717) is 12.3 Å². The largest absolute Gasteiger partial charge is 0.336 e. The molecule has 2 rings (SSSR count). The molecular weight excluding hydrogens is 132 g/mol. The van der Waals surface area contributed by atoms with E-state index >= 15 is 0 Å². The first kappa shape index (κ1) is 5.28. The van der Waals surface area contributed by atoms with Crippen molar-refractivity contribution in [3.05, 3.63) is 18.2 Å². The number of aromatic nitrogens is 2. The van der Waals surface area contributed by atoms with E-state index in [9.17, 15) is 0 Å². The summed E-state index contributed by atoms with van der Waals surface area (Å²) in [6.07, 6.45) is 3.03. The molecule has 0 atom stereocenters. The van der Waals surface area contributed by atoms with Gasteiger partial charge in [-0.2, -0.15) is 0 Å². The minimum Gasteiger partial charge on any atom is -0.336 e. The van der Waals surface area contributed by atoms with E-state index in [1.165, 1.54) is 6.33 Å². The normalized spacial score (nSPS) is 14.0. The molecule has 0 amide bonds. The summed E-state index contributed by atoms with van der Waals surface area (Å²) < 4.78 is 0. The van der Waals surface area contributed by atoms with Gasteiger partial charge >= 0.3 is 0 Å². The van der Waals surface area contributed by atoms with Crippen molar-refractivity contribution in [3.8, 4) is 5.75 Å². The van der Waals surface area contributed by atoms with Crippen molar-refractivity contribution in [3.63, 3.8) is 0 Å². The Balaban J connectivity index is 2.47. The lowest BCUT2D eigenvalue weighted by molar-refractivity contribution is 0.281. The van der Waals surface area contributed by atoms with Crippen molar-refractivity contribution in [1.82, 2.24) is 9.97 Å². The molecule has 10 heavy (non-hydrogen) atoms. The second-order valence-electron chi connectivity index (χ2n) is 1.81. The van der Waals surface area contributed by atoms with Crippen molar-refractivity contribution in [1.29, 1.82) is 0 Å². The molecule has 1 aromatic rings. The van der Waals surface area contributed by atoms with Crippen molar-refractivity contribution >= 4 is 0 Å². The first-order chi connectivity index (χ1) is 4.97. The van der Waals surface area contributed by atoms with E-state index in [2.05, 4.69) is 20.4 Å². The van der Waals surface area contributed by atoms with Crippen LogP contribution in [0.25, 0.3) is 0 Å². The van der Waals surface area contributed by atoms with Crippen LogP contribution in [-0.2, 0) is 6.54 Å². The Kier molecular flexibility index (Phi) is 1.06. The first-order valence-corrected chi connectivity index (χ1v) is 2.79.